The monoisotopic (exact) mass is 348 g/mol. The van der Waals surface area contributed by atoms with Gasteiger partial charge in [0.1, 0.15) is 0 Å². The van der Waals surface area contributed by atoms with E-state index in [-0.39, 0.29) is 12.3 Å². The van der Waals surface area contributed by atoms with Crippen molar-refractivity contribution >= 4 is 32.6 Å². The summed E-state index contributed by atoms with van der Waals surface area (Å²) in [5.74, 6) is -0.0941. The molecule has 4 rings (SSSR count). The zero-order valence-corrected chi connectivity index (χ0v) is 14.5. The van der Waals surface area contributed by atoms with Gasteiger partial charge >= 0.3 is 0 Å². The number of carbonyl (C=O) groups excluding carboxylic acids is 1. The number of thiazole rings is 1. The molecule has 0 spiro atoms. The number of aryl methyl sites for hydroxylation is 1. The number of nitrogens with zero attached hydrogens (tertiary/aromatic N) is 3. The van der Waals surface area contributed by atoms with Crippen LogP contribution < -0.4 is 5.32 Å². The van der Waals surface area contributed by atoms with Gasteiger partial charge in [0.2, 0.25) is 5.91 Å². The molecule has 0 unspecified atom stereocenters. The van der Waals surface area contributed by atoms with E-state index in [4.69, 9.17) is 0 Å². The fourth-order valence-electron chi connectivity index (χ4n) is 2.61. The Hall–Kier alpha value is -2.99. The van der Waals surface area contributed by atoms with Crippen molar-refractivity contribution in [3.05, 3.63) is 72.1 Å². The van der Waals surface area contributed by atoms with Gasteiger partial charge in [-0.05, 0) is 42.3 Å². The standard InChI is InChI=1S/C19H16N4OS/c1-13-7-8-16-17(9-13)25-19(21-16)22-18(24)10-14-11-20-23(12-14)15-5-3-2-4-6-15/h2-9,11-12H,10H2,1H3,(H,21,22,24). The second kappa shape index (κ2) is 6.49. The van der Waals surface area contributed by atoms with Crippen LogP contribution in [0.25, 0.3) is 15.9 Å². The van der Waals surface area contributed by atoms with E-state index >= 15 is 0 Å². The lowest BCUT2D eigenvalue weighted by Crippen LogP contribution is -2.13. The molecule has 0 saturated heterocycles. The molecule has 0 atom stereocenters. The van der Waals surface area contributed by atoms with Gasteiger partial charge in [-0.15, -0.1) is 0 Å². The quantitative estimate of drug-likeness (QED) is 0.607. The van der Waals surface area contributed by atoms with E-state index in [1.165, 1.54) is 16.9 Å². The van der Waals surface area contributed by atoms with Crippen LogP contribution >= 0.6 is 11.3 Å². The van der Waals surface area contributed by atoms with Crippen LogP contribution in [0.2, 0.25) is 0 Å². The summed E-state index contributed by atoms with van der Waals surface area (Å²) in [5, 5.41) is 7.82. The normalized spacial score (nSPS) is 10.9. The fraction of sp³-hybridized carbons (Fsp3) is 0.105. The third kappa shape index (κ3) is 3.44. The summed E-state index contributed by atoms with van der Waals surface area (Å²) in [6.07, 6.45) is 3.85. The maximum Gasteiger partial charge on any atom is 0.230 e. The number of carbonyl (C=O) groups is 1. The SMILES string of the molecule is Cc1ccc2nc(NC(=O)Cc3cnn(-c4ccccc4)c3)sc2c1. The Kier molecular flexibility index (Phi) is 4.03. The Morgan fingerprint density at radius 2 is 2.04 bits per heavy atom. The highest BCUT2D eigenvalue weighted by atomic mass is 32.1. The molecule has 1 N–H and O–H groups in total. The Labute approximate surface area is 149 Å². The van der Waals surface area contributed by atoms with Gasteiger partial charge in [-0.2, -0.15) is 5.10 Å². The van der Waals surface area contributed by atoms with E-state index in [9.17, 15) is 4.79 Å². The molecule has 2 aromatic carbocycles. The second-order valence-corrected chi connectivity index (χ2v) is 6.87. The Morgan fingerprint density at radius 1 is 1.20 bits per heavy atom. The van der Waals surface area contributed by atoms with Crippen LogP contribution in [0, 0.1) is 6.92 Å². The highest BCUT2D eigenvalue weighted by Crippen LogP contribution is 2.26. The van der Waals surface area contributed by atoms with Crippen molar-refractivity contribution in [1.82, 2.24) is 14.8 Å². The molecule has 0 bridgehead atoms. The van der Waals surface area contributed by atoms with Crippen molar-refractivity contribution in [3.63, 3.8) is 0 Å². The first-order chi connectivity index (χ1) is 12.2. The number of amides is 1. The van der Waals surface area contributed by atoms with Crippen molar-refractivity contribution in [2.75, 3.05) is 5.32 Å². The summed E-state index contributed by atoms with van der Waals surface area (Å²) in [4.78, 5) is 16.7. The smallest absolute Gasteiger partial charge is 0.230 e. The van der Waals surface area contributed by atoms with Crippen molar-refractivity contribution in [1.29, 1.82) is 0 Å². The summed E-state index contributed by atoms with van der Waals surface area (Å²) in [7, 11) is 0. The Balaban J connectivity index is 1.46. The van der Waals surface area contributed by atoms with Gasteiger partial charge in [-0.3, -0.25) is 4.79 Å². The summed E-state index contributed by atoms with van der Waals surface area (Å²) in [5.41, 5.74) is 3.92. The molecule has 124 valence electrons. The lowest BCUT2D eigenvalue weighted by Gasteiger charge is -2.00. The number of fused-ring (bicyclic) bond motifs is 1. The van der Waals surface area contributed by atoms with E-state index in [1.54, 1.807) is 10.9 Å². The first-order valence-electron chi connectivity index (χ1n) is 7.93. The molecule has 0 aliphatic rings. The minimum absolute atomic E-state index is 0.0941. The number of nitrogens with one attached hydrogen (secondary N) is 1. The predicted molar refractivity (Wildman–Crippen MR) is 100 cm³/mol. The average Bonchev–Trinajstić information content (AvgIpc) is 3.21. The largest absolute Gasteiger partial charge is 0.302 e. The third-order valence-electron chi connectivity index (χ3n) is 3.81. The van der Waals surface area contributed by atoms with E-state index < -0.39 is 0 Å². The number of aromatic nitrogens is 3. The van der Waals surface area contributed by atoms with E-state index in [1.807, 2.05) is 55.6 Å². The summed E-state index contributed by atoms with van der Waals surface area (Å²) in [6.45, 7) is 2.04. The van der Waals surface area contributed by atoms with Gasteiger partial charge in [0.25, 0.3) is 0 Å². The highest BCUT2D eigenvalue weighted by Gasteiger charge is 2.10. The van der Waals surface area contributed by atoms with Crippen LogP contribution in [0.1, 0.15) is 11.1 Å². The second-order valence-electron chi connectivity index (χ2n) is 5.84. The molecular formula is C19H16N4OS. The van der Waals surface area contributed by atoms with Crippen LogP contribution in [-0.2, 0) is 11.2 Å². The minimum Gasteiger partial charge on any atom is -0.302 e. The first-order valence-corrected chi connectivity index (χ1v) is 8.75. The number of rotatable bonds is 4. The minimum atomic E-state index is -0.0941. The maximum absolute atomic E-state index is 12.3. The van der Waals surface area contributed by atoms with Gasteiger partial charge < -0.3 is 5.32 Å². The first kappa shape index (κ1) is 15.5. The van der Waals surface area contributed by atoms with Gasteiger partial charge in [0.05, 0.1) is 28.5 Å². The number of para-hydroxylation sites is 1. The zero-order chi connectivity index (χ0) is 17.2. The number of hydrogen-bond donors (Lipinski definition) is 1. The predicted octanol–water partition coefficient (Wildman–Crippen LogP) is 3.97. The molecule has 0 fully saturated rings. The molecule has 5 nitrogen and oxygen atoms in total. The average molecular weight is 348 g/mol. The molecule has 0 saturated carbocycles. The van der Waals surface area contributed by atoms with Gasteiger partial charge in [0, 0.05) is 6.20 Å². The van der Waals surface area contributed by atoms with E-state index in [0.29, 0.717) is 5.13 Å². The van der Waals surface area contributed by atoms with E-state index in [2.05, 4.69) is 21.5 Å². The van der Waals surface area contributed by atoms with Crippen LogP contribution in [0.4, 0.5) is 5.13 Å². The summed E-state index contributed by atoms with van der Waals surface area (Å²) in [6, 6.07) is 15.9. The van der Waals surface area contributed by atoms with Gasteiger partial charge in [-0.1, -0.05) is 35.6 Å². The Bertz CT molecular complexity index is 1040. The molecule has 1 amide bonds. The van der Waals surface area contributed by atoms with Crippen molar-refractivity contribution in [2.24, 2.45) is 0 Å². The van der Waals surface area contributed by atoms with Crippen LogP contribution in [0.5, 0.6) is 0 Å². The lowest BCUT2D eigenvalue weighted by molar-refractivity contribution is -0.115. The number of benzene rings is 2. The van der Waals surface area contributed by atoms with Gasteiger partial charge in [-0.25, -0.2) is 9.67 Å². The topological polar surface area (TPSA) is 59.8 Å². The molecule has 6 heteroatoms. The third-order valence-corrected chi connectivity index (χ3v) is 4.75. The molecule has 25 heavy (non-hydrogen) atoms. The Morgan fingerprint density at radius 3 is 2.88 bits per heavy atom. The molecule has 4 aromatic rings. The van der Waals surface area contributed by atoms with E-state index in [0.717, 1.165) is 21.5 Å². The summed E-state index contributed by atoms with van der Waals surface area (Å²) < 4.78 is 2.84. The molecule has 0 aliphatic heterocycles. The van der Waals surface area contributed by atoms with Crippen LogP contribution in [-0.4, -0.2) is 20.7 Å². The molecule has 2 heterocycles. The molecule has 0 radical (unpaired) electrons. The zero-order valence-electron chi connectivity index (χ0n) is 13.6. The van der Waals surface area contributed by atoms with Crippen molar-refractivity contribution in [2.45, 2.75) is 13.3 Å². The number of anilines is 1. The van der Waals surface area contributed by atoms with Crippen molar-refractivity contribution < 1.29 is 4.79 Å². The lowest BCUT2D eigenvalue weighted by atomic mass is 10.2. The highest BCUT2D eigenvalue weighted by molar-refractivity contribution is 7.22. The van der Waals surface area contributed by atoms with Gasteiger partial charge in [0.15, 0.2) is 5.13 Å². The van der Waals surface area contributed by atoms with Crippen molar-refractivity contribution in [3.8, 4) is 5.69 Å². The van der Waals surface area contributed by atoms with Crippen LogP contribution in [0.15, 0.2) is 60.9 Å². The molecule has 2 aromatic heterocycles. The fourth-order valence-corrected chi connectivity index (χ4v) is 3.59. The molecule has 0 aliphatic carbocycles. The summed E-state index contributed by atoms with van der Waals surface area (Å²) >= 11 is 1.49. The maximum atomic E-state index is 12.3. The number of hydrogen-bond acceptors (Lipinski definition) is 4. The molecular weight excluding hydrogens is 332 g/mol. The van der Waals surface area contributed by atoms with Crippen LogP contribution in [0.3, 0.4) is 0 Å².